The van der Waals surface area contributed by atoms with Gasteiger partial charge in [-0.25, -0.2) is 8.42 Å². The van der Waals surface area contributed by atoms with Crippen LogP contribution in [-0.4, -0.2) is 14.2 Å². The third-order valence-electron chi connectivity index (χ3n) is 4.49. The van der Waals surface area contributed by atoms with E-state index in [0.29, 0.717) is 11.1 Å². The van der Waals surface area contributed by atoms with Crippen molar-refractivity contribution in [3.63, 3.8) is 0 Å². The van der Waals surface area contributed by atoms with Crippen LogP contribution in [-0.2, 0) is 10.0 Å². The molecule has 3 aromatic carbocycles. The van der Waals surface area contributed by atoms with Crippen molar-refractivity contribution in [3.8, 4) is 0 Å². The van der Waals surface area contributed by atoms with E-state index in [0.717, 1.165) is 16.7 Å². The smallest absolute Gasteiger partial charge is 0.261 e. The van der Waals surface area contributed by atoms with Crippen LogP contribution in [0.15, 0.2) is 71.6 Å². The summed E-state index contributed by atoms with van der Waals surface area (Å²) in [7, 11) is -3.80. The Kier molecular flexibility index (Phi) is 5.15. The predicted molar refractivity (Wildman–Crippen MR) is 108 cm³/mol. The third kappa shape index (κ3) is 4.09. The minimum absolute atomic E-state index is 0.157. The highest BCUT2D eigenvalue weighted by molar-refractivity contribution is 7.92. The average molecular weight is 379 g/mol. The van der Waals surface area contributed by atoms with Gasteiger partial charge in [0.15, 0.2) is 5.78 Å². The van der Waals surface area contributed by atoms with E-state index in [2.05, 4.69) is 4.72 Å². The lowest BCUT2D eigenvalue weighted by atomic mass is 9.97. The molecular weight excluding hydrogens is 358 g/mol. The van der Waals surface area contributed by atoms with Crippen LogP contribution in [0.25, 0.3) is 0 Å². The van der Waals surface area contributed by atoms with Crippen LogP contribution in [0.2, 0.25) is 0 Å². The number of anilines is 1. The van der Waals surface area contributed by atoms with Crippen LogP contribution < -0.4 is 4.72 Å². The maximum Gasteiger partial charge on any atom is 0.261 e. The van der Waals surface area contributed by atoms with Crippen molar-refractivity contribution in [2.75, 3.05) is 4.72 Å². The van der Waals surface area contributed by atoms with Crippen LogP contribution in [0, 0.1) is 20.8 Å². The van der Waals surface area contributed by atoms with Gasteiger partial charge in [-0.15, -0.1) is 0 Å². The summed E-state index contributed by atoms with van der Waals surface area (Å²) in [5.41, 5.74) is 3.93. The number of hydrogen-bond donors (Lipinski definition) is 1. The fourth-order valence-corrected chi connectivity index (χ4v) is 3.83. The molecule has 0 saturated carbocycles. The third-order valence-corrected chi connectivity index (χ3v) is 5.87. The van der Waals surface area contributed by atoms with Crippen molar-refractivity contribution >= 4 is 21.5 Å². The van der Waals surface area contributed by atoms with E-state index >= 15 is 0 Å². The molecule has 3 aromatic rings. The molecule has 0 aliphatic heterocycles. The van der Waals surface area contributed by atoms with Crippen molar-refractivity contribution in [2.24, 2.45) is 0 Å². The molecule has 0 heterocycles. The Hall–Kier alpha value is -2.92. The van der Waals surface area contributed by atoms with Gasteiger partial charge >= 0.3 is 0 Å². The minimum Gasteiger partial charge on any atom is -0.289 e. The minimum atomic E-state index is -3.80. The summed E-state index contributed by atoms with van der Waals surface area (Å²) in [5, 5.41) is 0. The first kappa shape index (κ1) is 18.9. The highest BCUT2D eigenvalue weighted by Crippen LogP contribution is 2.26. The number of ketones is 1. The monoisotopic (exact) mass is 379 g/mol. The van der Waals surface area contributed by atoms with Crippen molar-refractivity contribution in [1.82, 2.24) is 0 Å². The van der Waals surface area contributed by atoms with Gasteiger partial charge in [-0.1, -0.05) is 48.0 Å². The molecule has 138 valence electrons. The fraction of sp³-hybridized carbons (Fsp3) is 0.136. The van der Waals surface area contributed by atoms with E-state index in [1.165, 1.54) is 0 Å². The summed E-state index contributed by atoms with van der Waals surface area (Å²) in [4.78, 5) is 13.1. The molecule has 1 N–H and O–H groups in total. The number of carbonyl (C=O) groups excluding carboxylic acids is 1. The van der Waals surface area contributed by atoms with Crippen molar-refractivity contribution in [3.05, 3.63) is 94.5 Å². The van der Waals surface area contributed by atoms with Crippen LogP contribution in [0.1, 0.15) is 32.6 Å². The van der Waals surface area contributed by atoms with Crippen LogP contribution in [0.4, 0.5) is 5.69 Å². The molecular formula is C22H21NO3S. The number of nitrogens with one attached hydrogen (secondary N) is 1. The second-order valence-electron chi connectivity index (χ2n) is 6.60. The van der Waals surface area contributed by atoms with Gasteiger partial charge in [0.2, 0.25) is 0 Å². The Labute approximate surface area is 159 Å². The molecule has 0 unspecified atom stereocenters. The predicted octanol–water partition coefficient (Wildman–Crippen LogP) is 4.64. The number of rotatable bonds is 5. The van der Waals surface area contributed by atoms with E-state index in [1.807, 2.05) is 26.8 Å². The van der Waals surface area contributed by atoms with E-state index in [9.17, 15) is 13.2 Å². The van der Waals surface area contributed by atoms with Crippen molar-refractivity contribution in [2.45, 2.75) is 25.7 Å². The maximum atomic E-state index is 13.0. The second kappa shape index (κ2) is 7.37. The summed E-state index contributed by atoms with van der Waals surface area (Å²) in [6.45, 7) is 5.68. The zero-order chi connectivity index (χ0) is 19.6. The summed E-state index contributed by atoms with van der Waals surface area (Å²) in [6.07, 6.45) is 0. The van der Waals surface area contributed by atoms with Gasteiger partial charge in [0.1, 0.15) is 0 Å². The molecule has 0 bridgehead atoms. The Balaban J connectivity index is 2.06. The normalized spacial score (nSPS) is 11.2. The lowest BCUT2D eigenvalue weighted by Gasteiger charge is -2.15. The topological polar surface area (TPSA) is 63.2 Å². The molecule has 3 rings (SSSR count). The first-order valence-electron chi connectivity index (χ1n) is 8.58. The highest BCUT2D eigenvalue weighted by Gasteiger charge is 2.20. The van der Waals surface area contributed by atoms with Crippen LogP contribution >= 0.6 is 0 Å². The zero-order valence-corrected chi connectivity index (χ0v) is 16.3. The number of hydrogen-bond acceptors (Lipinski definition) is 3. The van der Waals surface area contributed by atoms with Gasteiger partial charge in [-0.3, -0.25) is 9.52 Å². The number of sulfonamides is 1. The Morgan fingerprint density at radius 1 is 0.815 bits per heavy atom. The van der Waals surface area contributed by atoms with Gasteiger partial charge in [0, 0.05) is 11.1 Å². The first-order valence-corrected chi connectivity index (χ1v) is 10.1. The summed E-state index contributed by atoms with van der Waals surface area (Å²) >= 11 is 0. The van der Waals surface area contributed by atoms with Gasteiger partial charge < -0.3 is 0 Å². The number of carbonyl (C=O) groups is 1. The van der Waals surface area contributed by atoms with Crippen molar-refractivity contribution < 1.29 is 13.2 Å². The molecule has 0 radical (unpaired) electrons. The van der Waals surface area contributed by atoms with E-state index in [4.69, 9.17) is 0 Å². The van der Waals surface area contributed by atoms with E-state index < -0.39 is 10.0 Å². The maximum absolute atomic E-state index is 13.0. The van der Waals surface area contributed by atoms with Gasteiger partial charge in [0.05, 0.1) is 10.6 Å². The molecule has 0 aliphatic carbocycles. The number of aryl methyl sites for hydroxylation is 3. The summed E-state index contributed by atoms with van der Waals surface area (Å²) in [6, 6.07) is 18.9. The van der Waals surface area contributed by atoms with Gasteiger partial charge in [0.25, 0.3) is 10.0 Å². The fourth-order valence-electron chi connectivity index (χ4n) is 2.75. The Morgan fingerprint density at radius 2 is 1.41 bits per heavy atom. The largest absolute Gasteiger partial charge is 0.289 e. The van der Waals surface area contributed by atoms with Crippen LogP contribution in [0.5, 0.6) is 0 Å². The molecule has 0 saturated heterocycles. The molecule has 27 heavy (non-hydrogen) atoms. The summed E-state index contributed by atoms with van der Waals surface area (Å²) in [5.74, 6) is -0.222. The van der Waals surface area contributed by atoms with E-state index in [-0.39, 0.29) is 16.4 Å². The zero-order valence-electron chi connectivity index (χ0n) is 15.5. The molecule has 0 aliphatic rings. The number of benzene rings is 3. The molecule has 0 atom stereocenters. The summed E-state index contributed by atoms with van der Waals surface area (Å²) < 4.78 is 28.2. The quantitative estimate of drug-likeness (QED) is 0.657. The molecule has 0 amide bonds. The standard InChI is InChI=1S/C22H21NO3S/c1-15-9-11-19(12-10-15)27(25,26)23-21-14-17(3)16(2)13-20(21)22(24)18-7-5-4-6-8-18/h4-14,23H,1-3H3. The Morgan fingerprint density at radius 3 is 2.04 bits per heavy atom. The van der Waals surface area contributed by atoms with Gasteiger partial charge in [-0.2, -0.15) is 0 Å². The Bertz CT molecular complexity index is 1090. The van der Waals surface area contributed by atoms with E-state index in [1.54, 1.807) is 60.7 Å². The highest BCUT2D eigenvalue weighted by atomic mass is 32.2. The van der Waals surface area contributed by atoms with Crippen molar-refractivity contribution in [1.29, 1.82) is 0 Å². The molecule has 0 aromatic heterocycles. The lowest BCUT2D eigenvalue weighted by Crippen LogP contribution is -2.16. The second-order valence-corrected chi connectivity index (χ2v) is 8.28. The molecule has 0 spiro atoms. The molecule has 5 heteroatoms. The average Bonchev–Trinajstić information content (AvgIpc) is 2.65. The SMILES string of the molecule is Cc1ccc(S(=O)(=O)Nc2cc(C)c(C)cc2C(=O)c2ccccc2)cc1. The lowest BCUT2D eigenvalue weighted by molar-refractivity contribution is 0.103. The molecule has 0 fully saturated rings. The first-order chi connectivity index (χ1) is 12.8. The molecule has 4 nitrogen and oxygen atoms in total. The van der Waals surface area contributed by atoms with Gasteiger partial charge in [-0.05, 0) is 56.2 Å². The van der Waals surface area contributed by atoms with Crippen LogP contribution in [0.3, 0.4) is 0 Å².